The Balaban J connectivity index is 1.85. The van der Waals surface area contributed by atoms with E-state index in [0.29, 0.717) is 25.7 Å². The van der Waals surface area contributed by atoms with Crippen LogP contribution in [0.25, 0.3) is 0 Å². The third-order valence-electron chi connectivity index (χ3n) is 4.48. The zero-order valence-electron chi connectivity index (χ0n) is 13.6. The highest BCUT2D eigenvalue weighted by Crippen LogP contribution is 2.29. The Morgan fingerprint density at radius 3 is 2.48 bits per heavy atom. The highest BCUT2D eigenvalue weighted by Gasteiger charge is 2.32. The van der Waals surface area contributed by atoms with Crippen LogP contribution in [0.3, 0.4) is 0 Å². The monoisotopic (exact) mass is 350 g/mol. The van der Waals surface area contributed by atoms with Gasteiger partial charge in [-0.05, 0) is 30.5 Å². The van der Waals surface area contributed by atoms with Crippen molar-refractivity contribution in [3.05, 3.63) is 69.6 Å². The van der Waals surface area contributed by atoms with Gasteiger partial charge in [0.25, 0.3) is 5.56 Å². The summed E-state index contributed by atoms with van der Waals surface area (Å²) in [6, 6.07) is 8.31. The first-order valence-corrected chi connectivity index (χ1v) is 7.92. The van der Waals surface area contributed by atoms with Gasteiger partial charge in [-0.2, -0.15) is 13.2 Å². The summed E-state index contributed by atoms with van der Waals surface area (Å²) in [7, 11) is 0. The van der Waals surface area contributed by atoms with E-state index >= 15 is 0 Å². The number of carbonyl (C=O) groups excluding carboxylic acids is 1. The predicted molar refractivity (Wildman–Crippen MR) is 86.0 cm³/mol. The Morgan fingerprint density at radius 2 is 1.80 bits per heavy atom. The highest BCUT2D eigenvalue weighted by molar-refractivity contribution is 5.80. The molecule has 1 aromatic heterocycles. The minimum atomic E-state index is -4.57. The Bertz CT molecular complexity index is 858. The molecule has 1 unspecified atom stereocenters. The molecule has 0 saturated heterocycles. The molecule has 1 amide bonds. The number of fused-ring (bicyclic) bond motifs is 1. The molecule has 2 heterocycles. The summed E-state index contributed by atoms with van der Waals surface area (Å²) in [5, 5.41) is 0. The molecule has 132 valence electrons. The fraction of sp³-hybridized carbons (Fsp3) is 0.333. The largest absolute Gasteiger partial charge is 0.417 e. The van der Waals surface area contributed by atoms with Crippen LogP contribution in [0.15, 0.2) is 47.4 Å². The van der Waals surface area contributed by atoms with Gasteiger partial charge in [-0.1, -0.05) is 24.3 Å². The molecular weight excluding hydrogens is 333 g/mol. The van der Waals surface area contributed by atoms with E-state index < -0.39 is 23.3 Å². The van der Waals surface area contributed by atoms with Gasteiger partial charge in [-0.25, -0.2) is 0 Å². The van der Waals surface area contributed by atoms with Crippen LogP contribution in [0.4, 0.5) is 13.2 Å². The van der Waals surface area contributed by atoms with Crippen LogP contribution in [-0.2, 0) is 23.9 Å². The van der Waals surface area contributed by atoms with E-state index in [9.17, 15) is 22.8 Å². The number of nitrogens with zero attached hydrogens (tertiary/aromatic N) is 2. The van der Waals surface area contributed by atoms with Crippen molar-refractivity contribution in [3.63, 3.8) is 0 Å². The zero-order valence-corrected chi connectivity index (χ0v) is 13.6. The molecule has 0 fully saturated rings. The summed E-state index contributed by atoms with van der Waals surface area (Å²) in [4.78, 5) is 26.2. The maximum Gasteiger partial charge on any atom is 0.417 e. The Kier molecular flexibility index (Phi) is 4.41. The minimum Gasteiger partial charge on any atom is -0.336 e. The van der Waals surface area contributed by atoms with Crippen molar-refractivity contribution in [2.45, 2.75) is 32.1 Å². The first kappa shape index (κ1) is 17.3. The van der Waals surface area contributed by atoms with Gasteiger partial charge in [0.2, 0.25) is 5.91 Å². The Morgan fingerprint density at radius 1 is 1.12 bits per heavy atom. The zero-order chi connectivity index (χ0) is 18.2. The summed E-state index contributed by atoms with van der Waals surface area (Å²) in [6.45, 7) is 2.32. The molecule has 0 N–H and O–H groups in total. The number of benzene rings is 1. The van der Waals surface area contributed by atoms with Gasteiger partial charge in [0.05, 0.1) is 5.56 Å². The molecule has 3 rings (SSSR count). The van der Waals surface area contributed by atoms with Crippen LogP contribution in [-0.4, -0.2) is 21.9 Å². The number of alkyl halides is 3. The van der Waals surface area contributed by atoms with E-state index in [0.717, 1.165) is 27.8 Å². The second-order valence-corrected chi connectivity index (χ2v) is 6.12. The molecule has 0 spiro atoms. The predicted octanol–water partition coefficient (Wildman–Crippen LogP) is 3.01. The number of aromatic nitrogens is 1. The topological polar surface area (TPSA) is 42.3 Å². The van der Waals surface area contributed by atoms with Crippen molar-refractivity contribution in [1.29, 1.82) is 0 Å². The van der Waals surface area contributed by atoms with Gasteiger partial charge >= 0.3 is 6.18 Å². The lowest BCUT2D eigenvalue weighted by atomic mass is 9.99. The van der Waals surface area contributed by atoms with E-state index in [1.54, 1.807) is 4.90 Å². The van der Waals surface area contributed by atoms with Crippen molar-refractivity contribution < 1.29 is 18.0 Å². The number of amides is 1. The van der Waals surface area contributed by atoms with E-state index in [1.807, 2.05) is 24.3 Å². The maximum atomic E-state index is 12.9. The standard InChI is InChI=1S/C18H17F3N2O2/c1-12(23-11-15(18(19,20)21)6-7-16(23)24)17(25)22-9-8-13-4-2-3-5-14(13)10-22/h2-7,11-12H,8-10H2,1H3. The van der Waals surface area contributed by atoms with Crippen LogP contribution in [0, 0.1) is 0 Å². The molecule has 1 aliphatic rings. The SMILES string of the molecule is CC(C(=O)N1CCc2ccccc2C1)n1cc(C(F)(F)F)ccc1=O. The average molecular weight is 350 g/mol. The van der Waals surface area contributed by atoms with Gasteiger partial charge in [0.1, 0.15) is 6.04 Å². The quantitative estimate of drug-likeness (QED) is 0.836. The first-order chi connectivity index (χ1) is 11.8. The molecular formula is C18H17F3N2O2. The number of pyridine rings is 1. The van der Waals surface area contributed by atoms with Gasteiger partial charge in [-0.15, -0.1) is 0 Å². The molecule has 0 radical (unpaired) electrons. The van der Waals surface area contributed by atoms with Crippen molar-refractivity contribution in [3.8, 4) is 0 Å². The van der Waals surface area contributed by atoms with Crippen LogP contribution < -0.4 is 5.56 Å². The second-order valence-electron chi connectivity index (χ2n) is 6.12. The lowest BCUT2D eigenvalue weighted by Gasteiger charge is -2.31. The van der Waals surface area contributed by atoms with Crippen LogP contribution in [0.5, 0.6) is 0 Å². The maximum absolute atomic E-state index is 12.9. The summed E-state index contributed by atoms with van der Waals surface area (Å²) >= 11 is 0. The molecule has 4 nitrogen and oxygen atoms in total. The summed E-state index contributed by atoms with van der Waals surface area (Å²) < 4.78 is 39.5. The molecule has 0 saturated carbocycles. The van der Waals surface area contributed by atoms with Gasteiger partial charge in [0, 0.05) is 25.4 Å². The lowest BCUT2D eigenvalue weighted by molar-refractivity contribution is -0.139. The molecule has 0 aliphatic carbocycles. The van der Waals surface area contributed by atoms with E-state index in [4.69, 9.17) is 0 Å². The number of halogens is 3. The van der Waals surface area contributed by atoms with Crippen LogP contribution in [0.2, 0.25) is 0 Å². The van der Waals surface area contributed by atoms with E-state index in [2.05, 4.69) is 0 Å². The Hall–Kier alpha value is -2.57. The average Bonchev–Trinajstić information content (AvgIpc) is 2.59. The van der Waals surface area contributed by atoms with Crippen molar-refractivity contribution in [2.75, 3.05) is 6.54 Å². The van der Waals surface area contributed by atoms with Gasteiger partial charge in [0.15, 0.2) is 0 Å². The number of hydrogen-bond donors (Lipinski definition) is 0. The summed E-state index contributed by atoms with van der Waals surface area (Å²) in [5.74, 6) is -0.365. The van der Waals surface area contributed by atoms with Crippen molar-refractivity contribution in [1.82, 2.24) is 9.47 Å². The fourth-order valence-electron chi connectivity index (χ4n) is 3.04. The van der Waals surface area contributed by atoms with Crippen molar-refractivity contribution in [2.24, 2.45) is 0 Å². The summed E-state index contributed by atoms with van der Waals surface area (Å²) in [6.07, 6.45) is -3.17. The van der Waals surface area contributed by atoms with E-state index in [-0.39, 0.29) is 5.91 Å². The second kappa shape index (κ2) is 6.38. The molecule has 1 aliphatic heterocycles. The molecule has 7 heteroatoms. The third kappa shape index (κ3) is 3.45. The number of hydrogen-bond acceptors (Lipinski definition) is 2. The summed E-state index contributed by atoms with van der Waals surface area (Å²) in [5.41, 5.74) is 0.600. The molecule has 25 heavy (non-hydrogen) atoms. The smallest absolute Gasteiger partial charge is 0.336 e. The third-order valence-corrected chi connectivity index (χ3v) is 4.48. The van der Waals surface area contributed by atoms with Gasteiger partial charge in [-0.3, -0.25) is 9.59 Å². The first-order valence-electron chi connectivity index (χ1n) is 7.92. The molecule has 1 aromatic carbocycles. The van der Waals surface area contributed by atoms with Gasteiger partial charge < -0.3 is 9.47 Å². The minimum absolute atomic E-state index is 0.365. The molecule has 0 bridgehead atoms. The number of rotatable bonds is 2. The molecule has 1 atom stereocenters. The Labute approximate surface area is 142 Å². The van der Waals surface area contributed by atoms with Crippen LogP contribution >= 0.6 is 0 Å². The van der Waals surface area contributed by atoms with Crippen LogP contribution in [0.1, 0.15) is 29.7 Å². The lowest BCUT2D eigenvalue weighted by Crippen LogP contribution is -2.41. The highest BCUT2D eigenvalue weighted by atomic mass is 19.4. The fourth-order valence-corrected chi connectivity index (χ4v) is 3.04. The van der Waals surface area contributed by atoms with Crippen molar-refractivity contribution >= 4 is 5.91 Å². The number of carbonyl (C=O) groups is 1. The normalized spacial score (nSPS) is 15.6. The van der Waals surface area contributed by atoms with E-state index in [1.165, 1.54) is 6.92 Å². The molecule has 2 aromatic rings.